The Morgan fingerprint density at radius 3 is 2.15 bits per heavy atom. The molecule has 1 amide bonds. The number of carbonyl (C=O) groups excluding carboxylic acids is 1. The molecule has 0 spiro atoms. The van der Waals surface area contributed by atoms with E-state index in [9.17, 15) is 4.79 Å². The van der Waals surface area contributed by atoms with Gasteiger partial charge in [-0.1, -0.05) is 60.7 Å². The molecule has 2 N–H and O–H groups in total. The smallest absolute Gasteiger partial charge is 0.232 e. The first kappa shape index (κ1) is 12.9. The van der Waals surface area contributed by atoms with Crippen molar-refractivity contribution in [2.75, 3.05) is 6.54 Å². The van der Waals surface area contributed by atoms with E-state index in [-0.39, 0.29) is 17.9 Å². The van der Waals surface area contributed by atoms with Crippen LogP contribution in [0.3, 0.4) is 0 Å². The lowest BCUT2D eigenvalue weighted by Crippen LogP contribution is -2.61. The fourth-order valence-corrected chi connectivity index (χ4v) is 2.87. The van der Waals surface area contributed by atoms with Gasteiger partial charge in [-0.3, -0.25) is 4.79 Å². The second-order valence-corrected chi connectivity index (χ2v) is 5.14. The Labute approximate surface area is 119 Å². The molecule has 1 aliphatic rings. The normalized spacial score (nSPS) is 21.6. The standard InChI is InChI=1S/C17H18N2O/c18-11-15-16(14-9-5-2-6-10-14)17(20)19(15)12-13-7-3-1-4-8-13/h1-10,15-16H,11-12,18H2/t15-,16-/m0/s1. The van der Waals surface area contributed by atoms with Crippen molar-refractivity contribution < 1.29 is 4.79 Å². The molecule has 1 aliphatic heterocycles. The maximum atomic E-state index is 12.4. The molecule has 0 aromatic heterocycles. The van der Waals surface area contributed by atoms with Gasteiger partial charge in [0.1, 0.15) is 0 Å². The summed E-state index contributed by atoms with van der Waals surface area (Å²) in [5, 5.41) is 0. The summed E-state index contributed by atoms with van der Waals surface area (Å²) in [5.74, 6) is 0.0976. The molecule has 3 heteroatoms. The van der Waals surface area contributed by atoms with Crippen LogP contribution in [0.2, 0.25) is 0 Å². The Morgan fingerprint density at radius 1 is 0.950 bits per heavy atom. The average Bonchev–Trinajstić information content (AvgIpc) is 2.51. The molecular weight excluding hydrogens is 248 g/mol. The van der Waals surface area contributed by atoms with E-state index >= 15 is 0 Å². The van der Waals surface area contributed by atoms with Gasteiger partial charge in [0, 0.05) is 13.1 Å². The highest BCUT2D eigenvalue weighted by Crippen LogP contribution is 2.36. The molecule has 0 unspecified atom stereocenters. The van der Waals surface area contributed by atoms with Crippen molar-refractivity contribution >= 4 is 5.91 Å². The van der Waals surface area contributed by atoms with Crippen LogP contribution < -0.4 is 5.73 Å². The van der Waals surface area contributed by atoms with Crippen molar-refractivity contribution in [1.82, 2.24) is 4.90 Å². The number of hydrogen-bond donors (Lipinski definition) is 1. The van der Waals surface area contributed by atoms with Crippen LogP contribution in [0.15, 0.2) is 60.7 Å². The van der Waals surface area contributed by atoms with Crippen LogP contribution in [0.1, 0.15) is 17.0 Å². The highest BCUT2D eigenvalue weighted by Gasteiger charge is 2.46. The lowest BCUT2D eigenvalue weighted by Gasteiger charge is -2.47. The van der Waals surface area contributed by atoms with E-state index in [1.165, 1.54) is 0 Å². The highest BCUT2D eigenvalue weighted by molar-refractivity contribution is 5.91. The molecule has 3 rings (SSSR count). The zero-order valence-electron chi connectivity index (χ0n) is 11.3. The number of nitrogens with two attached hydrogens (primary N) is 1. The largest absolute Gasteiger partial charge is 0.332 e. The second kappa shape index (κ2) is 5.47. The summed E-state index contributed by atoms with van der Waals surface area (Å²) >= 11 is 0. The Morgan fingerprint density at radius 2 is 1.55 bits per heavy atom. The average molecular weight is 266 g/mol. The molecule has 1 saturated heterocycles. The molecule has 2 aromatic rings. The van der Waals surface area contributed by atoms with Crippen molar-refractivity contribution in [2.45, 2.75) is 18.5 Å². The van der Waals surface area contributed by atoms with Crippen LogP contribution in [0.4, 0.5) is 0 Å². The molecule has 20 heavy (non-hydrogen) atoms. The maximum absolute atomic E-state index is 12.4. The third-order valence-electron chi connectivity index (χ3n) is 3.93. The summed E-state index contributed by atoms with van der Waals surface area (Å²) < 4.78 is 0. The fourth-order valence-electron chi connectivity index (χ4n) is 2.87. The Hall–Kier alpha value is -2.13. The number of rotatable bonds is 4. The van der Waals surface area contributed by atoms with Crippen LogP contribution in [0.5, 0.6) is 0 Å². The van der Waals surface area contributed by atoms with Gasteiger partial charge in [0.05, 0.1) is 12.0 Å². The SMILES string of the molecule is NC[C@H]1[C@H](c2ccccc2)C(=O)N1Cc1ccccc1. The van der Waals surface area contributed by atoms with Gasteiger partial charge in [0.2, 0.25) is 5.91 Å². The highest BCUT2D eigenvalue weighted by atomic mass is 16.2. The van der Waals surface area contributed by atoms with Crippen molar-refractivity contribution in [3.05, 3.63) is 71.8 Å². The first-order valence-corrected chi connectivity index (χ1v) is 6.90. The summed E-state index contributed by atoms with van der Waals surface area (Å²) in [6.07, 6.45) is 0. The number of nitrogens with zero attached hydrogens (tertiary/aromatic N) is 1. The molecule has 2 atom stereocenters. The molecule has 0 radical (unpaired) electrons. The molecule has 0 aliphatic carbocycles. The van der Waals surface area contributed by atoms with Crippen LogP contribution in [-0.2, 0) is 11.3 Å². The molecule has 0 saturated carbocycles. The number of carbonyl (C=O) groups is 1. The number of amides is 1. The zero-order chi connectivity index (χ0) is 13.9. The van der Waals surface area contributed by atoms with Crippen LogP contribution in [-0.4, -0.2) is 23.4 Å². The van der Waals surface area contributed by atoms with Gasteiger partial charge >= 0.3 is 0 Å². The van der Waals surface area contributed by atoms with Gasteiger partial charge < -0.3 is 10.6 Å². The predicted molar refractivity (Wildman–Crippen MR) is 79.0 cm³/mol. The number of benzene rings is 2. The zero-order valence-corrected chi connectivity index (χ0v) is 11.3. The molecule has 2 aromatic carbocycles. The lowest BCUT2D eigenvalue weighted by molar-refractivity contribution is -0.150. The van der Waals surface area contributed by atoms with Crippen LogP contribution >= 0.6 is 0 Å². The van der Waals surface area contributed by atoms with Gasteiger partial charge in [-0.05, 0) is 11.1 Å². The summed E-state index contributed by atoms with van der Waals surface area (Å²) in [5.41, 5.74) is 8.09. The summed E-state index contributed by atoms with van der Waals surface area (Å²) in [4.78, 5) is 14.3. The maximum Gasteiger partial charge on any atom is 0.232 e. The van der Waals surface area contributed by atoms with Crippen LogP contribution in [0, 0.1) is 0 Å². The van der Waals surface area contributed by atoms with Crippen LogP contribution in [0.25, 0.3) is 0 Å². The topological polar surface area (TPSA) is 46.3 Å². The third-order valence-corrected chi connectivity index (χ3v) is 3.93. The molecule has 0 bridgehead atoms. The third kappa shape index (κ3) is 2.21. The molecule has 3 nitrogen and oxygen atoms in total. The molecule has 102 valence electrons. The van der Waals surface area contributed by atoms with Crippen molar-refractivity contribution in [3.63, 3.8) is 0 Å². The summed E-state index contributed by atoms with van der Waals surface area (Å²) in [6, 6.07) is 20.1. The Balaban J connectivity index is 1.77. The van der Waals surface area contributed by atoms with E-state index in [0.717, 1.165) is 11.1 Å². The first-order valence-electron chi connectivity index (χ1n) is 6.90. The molecular formula is C17H18N2O. The van der Waals surface area contributed by atoms with Gasteiger partial charge in [-0.25, -0.2) is 0 Å². The summed E-state index contributed by atoms with van der Waals surface area (Å²) in [7, 11) is 0. The first-order chi connectivity index (χ1) is 9.81. The molecule has 1 fully saturated rings. The van der Waals surface area contributed by atoms with Crippen molar-refractivity contribution in [2.24, 2.45) is 5.73 Å². The van der Waals surface area contributed by atoms with Gasteiger partial charge in [-0.15, -0.1) is 0 Å². The summed E-state index contributed by atoms with van der Waals surface area (Å²) in [6.45, 7) is 1.14. The van der Waals surface area contributed by atoms with Gasteiger partial charge in [0.25, 0.3) is 0 Å². The minimum Gasteiger partial charge on any atom is -0.332 e. The number of β-lactam (4-membered cyclic amide) rings is 1. The van der Waals surface area contributed by atoms with E-state index in [0.29, 0.717) is 13.1 Å². The Bertz CT molecular complexity index is 582. The van der Waals surface area contributed by atoms with Crippen molar-refractivity contribution in [3.8, 4) is 0 Å². The lowest BCUT2D eigenvalue weighted by atomic mass is 9.81. The quantitative estimate of drug-likeness (QED) is 0.862. The monoisotopic (exact) mass is 266 g/mol. The minimum atomic E-state index is -0.0788. The van der Waals surface area contributed by atoms with E-state index in [4.69, 9.17) is 5.73 Å². The fraction of sp³-hybridized carbons (Fsp3) is 0.235. The van der Waals surface area contributed by atoms with Crippen molar-refractivity contribution in [1.29, 1.82) is 0 Å². The van der Waals surface area contributed by atoms with E-state index in [1.54, 1.807) is 0 Å². The molecule has 1 heterocycles. The number of hydrogen-bond acceptors (Lipinski definition) is 2. The van der Waals surface area contributed by atoms with Gasteiger partial charge in [-0.2, -0.15) is 0 Å². The van der Waals surface area contributed by atoms with E-state index < -0.39 is 0 Å². The Kier molecular flexibility index (Phi) is 3.52. The van der Waals surface area contributed by atoms with E-state index in [1.807, 2.05) is 65.6 Å². The van der Waals surface area contributed by atoms with Gasteiger partial charge in [0.15, 0.2) is 0 Å². The minimum absolute atomic E-state index is 0.0788. The second-order valence-electron chi connectivity index (χ2n) is 5.14. The number of likely N-dealkylation sites (tertiary alicyclic amines) is 1. The predicted octanol–water partition coefficient (Wildman–Crippen LogP) is 2.14. The van der Waals surface area contributed by atoms with E-state index in [2.05, 4.69) is 0 Å².